The fourth-order valence-corrected chi connectivity index (χ4v) is 2.21. The highest BCUT2D eigenvalue weighted by molar-refractivity contribution is 7.80. The van der Waals surface area contributed by atoms with E-state index in [9.17, 15) is 14.5 Å². The van der Waals surface area contributed by atoms with Crippen LogP contribution in [-0.4, -0.2) is 53.4 Å². The lowest BCUT2D eigenvalue weighted by molar-refractivity contribution is -0.142. The summed E-state index contributed by atoms with van der Waals surface area (Å²) in [5, 5.41) is 23.9. The van der Waals surface area contributed by atoms with Gasteiger partial charge in [0.1, 0.15) is 6.04 Å². The molecule has 2 atom stereocenters. The molecule has 0 aliphatic heterocycles. The number of nitroso groups, excluding NO2 is 1. The van der Waals surface area contributed by atoms with Gasteiger partial charge in [-0.15, -0.1) is 4.91 Å². The zero-order chi connectivity index (χ0) is 17.9. The van der Waals surface area contributed by atoms with Gasteiger partial charge in [0.15, 0.2) is 11.5 Å². The van der Waals surface area contributed by atoms with Gasteiger partial charge in [0.25, 0.3) is 5.91 Å². The summed E-state index contributed by atoms with van der Waals surface area (Å²) < 4.78 is 0. The summed E-state index contributed by atoms with van der Waals surface area (Å²) >= 11 is 3.99. The molecule has 0 rings (SSSR count). The monoisotopic (exact) mass is 348 g/mol. The number of guanidine groups is 1. The molecule has 0 radical (unpaired) electrons. The van der Waals surface area contributed by atoms with Gasteiger partial charge in [-0.2, -0.15) is 12.6 Å². The Labute approximate surface area is 139 Å². The van der Waals surface area contributed by atoms with E-state index in [4.69, 9.17) is 22.0 Å². The van der Waals surface area contributed by atoms with E-state index in [-0.39, 0.29) is 31.1 Å². The van der Waals surface area contributed by atoms with E-state index >= 15 is 0 Å². The van der Waals surface area contributed by atoms with E-state index in [0.717, 1.165) is 0 Å². The SMILES string of the molecule is N=C(N)NCCC[C@H](NC(=O)C(CS)(CCCN)N=O)C(=O)O. The fraction of sp³-hybridized carbons (Fsp3) is 0.750. The fourth-order valence-electron chi connectivity index (χ4n) is 1.85. The van der Waals surface area contributed by atoms with Crippen molar-refractivity contribution in [1.29, 1.82) is 5.41 Å². The van der Waals surface area contributed by atoms with Crippen LogP contribution >= 0.6 is 12.6 Å². The normalized spacial score (nSPS) is 14.3. The summed E-state index contributed by atoms with van der Waals surface area (Å²) in [6.45, 7) is 0.573. The zero-order valence-electron chi connectivity index (χ0n) is 12.7. The Balaban J connectivity index is 4.76. The number of carboxylic acids is 1. The Kier molecular flexibility index (Phi) is 9.90. The molecule has 23 heavy (non-hydrogen) atoms. The number of hydrogen-bond acceptors (Lipinski definition) is 7. The quantitative estimate of drug-likeness (QED) is 0.0774. The zero-order valence-corrected chi connectivity index (χ0v) is 13.6. The number of aliphatic carboxylic acids is 1. The molecule has 0 saturated carbocycles. The van der Waals surface area contributed by atoms with Crippen LogP contribution in [0.1, 0.15) is 25.7 Å². The van der Waals surface area contributed by atoms with Crippen LogP contribution in [0, 0.1) is 10.3 Å². The first-order valence-corrected chi connectivity index (χ1v) is 7.73. The summed E-state index contributed by atoms with van der Waals surface area (Å²) in [5.41, 5.74) is 8.85. The molecular weight excluding hydrogens is 324 g/mol. The number of rotatable bonds is 12. The predicted octanol–water partition coefficient (Wildman–Crippen LogP) is -1.01. The van der Waals surface area contributed by atoms with Crippen LogP contribution in [0.15, 0.2) is 5.18 Å². The van der Waals surface area contributed by atoms with E-state index in [1.165, 1.54) is 0 Å². The molecule has 0 aliphatic rings. The summed E-state index contributed by atoms with van der Waals surface area (Å²) in [4.78, 5) is 34.6. The van der Waals surface area contributed by atoms with Crippen molar-refractivity contribution >= 4 is 30.5 Å². The molecular formula is C12H24N6O4S. The Morgan fingerprint density at radius 3 is 2.48 bits per heavy atom. The van der Waals surface area contributed by atoms with Crippen LogP contribution in [0.25, 0.3) is 0 Å². The molecule has 0 saturated heterocycles. The maximum atomic E-state index is 12.3. The highest BCUT2D eigenvalue weighted by Gasteiger charge is 2.40. The number of amides is 1. The second kappa shape index (κ2) is 10.8. The van der Waals surface area contributed by atoms with Crippen molar-refractivity contribution in [3.05, 3.63) is 4.91 Å². The molecule has 11 heteroatoms. The van der Waals surface area contributed by atoms with Crippen LogP contribution < -0.4 is 22.1 Å². The van der Waals surface area contributed by atoms with Crippen LogP contribution in [0.2, 0.25) is 0 Å². The maximum Gasteiger partial charge on any atom is 0.326 e. The minimum absolute atomic E-state index is 0.0978. The molecule has 10 nitrogen and oxygen atoms in total. The number of carbonyl (C=O) groups excluding carboxylic acids is 1. The van der Waals surface area contributed by atoms with Gasteiger partial charge in [0.2, 0.25) is 0 Å². The average Bonchev–Trinajstić information content (AvgIpc) is 2.51. The number of nitrogens with zero attached hydrogens (tertiary/aromatic N) is 1. The third-order valence-corrected chi connectivity index (χ3v) is 3.77. The number of thiol groups is 1. The maximum absolute atomic E-state index is 12.3. The summed E-state index contributed by atoms with van der Waals surface area (Å²) in [7, 11) is 0. The Bertz CT molecular complexity index is 436. The lowest BCUT2D eigenvalue weighted by Crippen LogP contribution is -2.52. The first kappa shape index (κ1) is 21.1. The van der Waals surface area contributed by atoms with Gasteiger partial charge in [-0.25, -0.2) is 4.79 Å². The summed E-state index contributed by atoms with van der Waals surface area (Å²) in [6, 6.07) is -1.17. The Morgan fingerprint density at radius 1 is 1.39 bits per heavy atom. The van der Waals surface area contributed by atoms with Gasteiger partial charge in [0, 0.05) is 12.3 Å². The molecule has 0 aromatic rings. The predicted molar refractivity (Wildman–Crippen MR) is 89.4 cm³/mol. The van der Waals surface area contributed by atoms with E-state index < -0.39 is 23.5 Å². The van der Waals surface area contributed by atoms with Crippen molar-refractivity contribution < 1.29 is 14.7 Å². The molecule has 0 aromatic heterocycles. The van der Waals surface area contributed by atoms with E-state index in [0.29, 0.717) is 19.4 Å². The number of hydrogen-bond donors (Lipinski definition) is 7. The van der Waals surface area contributed by atoms with Gasteiger partial charge >= 0.3 is 5.97 Å². The van der Waals surface area contributed by atoms with Gasteiger partial charge in [-0.05, 0) is 32.2 Å². The standard InChI is InChI=1S/C12H24N6O4S/c13-5-2-4-12(7-23,18-22)10(21)17-8(9(19)20)3-1-6-16-11(14)15/h8,23H,1-7,13H2,(H,17,21)(H,19,20)(H4,14,15,16)/t8-,12?/m0/s1. The number of nitrogens with one attached hydrogen (secondary N) is 3. The van der Waals surface area contributed by atoms with Crippen molar-refractivity contribution in [2.45, 2.75) is 37.3 Å². The van der Waals surface area contributed by atoms with Crippen molar-refractivity contribution in [1.82, 2.24) is 10.6 Å². The largest absolute Gasteiger partial charge is 0.480 e. The smallest absolute Gasteiger partial charge is 0.326 e. The van der Waals surface area contributed by atoms with Crippen molar-refractivity contribution in [3.8, 4) is 0 Å². The Hall–Kier alpha value is -1.88. The first-order valence-electron chi connectivity index (χ1n) is 7.10. The van der Waals surface area contributed by atoms with E-state index in [1.54, 1.807) is 0 Å². The van der Waals surface area contributed by atoms with Gasteiger partial charge in [-0.3, -0.25) is 10.2 Å². The third-order valence-electron chi connectivity index (χ3n) is 3.24. The van der Waals surface area contributed by atoms with Gasteiger partial charge < -0.3 is 27.2 Å². The van der Waals surface area contributed by atoms with Gasteiger partial charge in [0.05, 0.1) is 0 Å². The molecule has 0 aromatic carbocycles. The minimum Gasteiger partial charge on any atom is -0.480 e. The summed E-state index contributed by atoms with van der Waals surface area (Å²) in [5.74, 6) is -2.36. The average molecular weight is 348 g/mol. The second-order valence-corrected chi connectivity index (χ2v) is 5.34. The Morgan fingerprint density at radius 2 is 2.04 bits per heavy atom. The third kappa shape index (κ3) is 7.28. The lowest BCUT2D eigenvalue weighted by atomic mass is 9.94. The molecule has 0 heterocycles. The van der Waals surface area contributed by atoms with Gasteiger partial charge in [-0.1, -0.05) is 5.18 Å². The molecule has 0 spiro atoms. The van der Waals surface area contributed by atoms with Crippen molar-refractivity contribution in [3.63, 3.8) is 0 Å². The second-order valence-electron chi connectivity index (χ2n) is 5.02. The first-order chi connectivity index (χ1) is 10.8. The molecule has 0 aliphatic carbocycles. The highest BCUT2D eigenvalue weighted by atomic mass is 32.1. The molecule has 1 unspecified atom stereocenters. The molecule has 1 amide bonds. The van der Waals surface area contributed by atoms with Crippen LogP contribution in [-0.2, 0) is 9.59 Å². The van der Waals surface area contributed by atoms with Crippen molar-refractivity contribution in [2.75, 3.05) is 18.8 Å². The van der Waals surface area contributed by atoms with Crippen molar-refractivity contribution in [2.24, 2.45) is 16.6 Å². The van der Waals surface area contributed by atoms with E-state index in [2.05, 4.69) is 28.4 Å². The highest BCUT2D eigenvalue weighted by Crippen LogP contribution is 2.20. The lowest BCUT2D eigenvalue weighted by Gasteiger charge is -2.25. The number of carbonyl (C=O) groups is 2. The van der Waals surface area contributed by atoms with Crippen LogP contribution in [0.4, 0.5) is 0 Å². The topological polar surface area (TPSA) is 184 Å². The number of nitrogens with two attached hydrogens (primary N) is 2. The molecule has 0 fully saturated rings. The molecule has 0 bridgehead atoms. The van der Waals surface area contributed by atoms with Crippen LogP contribution in [0.5, 0.6) is 0 Å². The number of carboxylic acid groups (broad SMARTS) is 1. The molecule has 8 N–H and O–H groups in total. The van der Waals surface area contributed by atoms with E-state index in [1.807, 2.05) is 0 Å². The minimum atomic E-state index is -1.63. The summed E-state index contributed by atoms with van der Waals surface area (Å²) in [6.07, 6.45) is 0.961. The van der Waals surface area contributed by atoms with Crippen LogP contribution in [0.3, 0.4) is 0 Å². The molecule has 132 valence electrons.